The average Bonchev–Trinajstić information content (AvgIpc) is 2.72. The second kappa shape index (κ2) is 6.66. The van der Waals surface area contributed by atoms with Crippen molar-refractivity contribution < 1.29 is 9.26 Å². The Balaban J connectivity index is 2.31. The van der Waals surface area contributed by atoms with E-state index in [9.17, 15) is 0 Å². The standard InChI is InChI=1S/C12H22N2O2/c1-9(2)12-7-11(16-14-12)8-13-10(3)5-6-15-4/h7,9-10,13H,5-6,8H2,1-4H3. The summed E-state index contributed by atoms with van der Waals surface area (Å²) in [6.45, 7) is 7.86. The van der Waals surface area contributed by atoms with Gasteiger partial charge in [-0.05, 0) is 19.3 Å². The second-order valence-electron chi connectivity index (χ2n) is 4.44. The smallest absolute Gasteiger partial charge is 0.150 e. The van der Waals surface area contributed by atoms with Crippen molar-refractivity contribution in [2.45, 2.75) is 45.7 Å². The van der Waals surface area contributed by atoms with E-state index in [1.54, 1.807) is 7.11 Å². The van der Waals surface area contributed by atoms with Crippen LogP contribution in [0.25, 0.3) is 0 Å². The molecule has 0 fully saturated rings. The van der Waals surface area contributed by atoms with Crippen molar-refractivity contribution in [2.24, 2.45) is 0 Å². The lowest BCUT2D eigenvalue weighted by Gasteiger charge is -2.11. The third kappa shape index (κ3) is 4.33. The highest BCUT2D eigenvalue weighted by Gasteiger charge is 2.08. The van der Waals surface area contributed by atoms with Crippen molar-refractivity contribution >= 4 is 0 Å². The second-order valence-corrected chi connectivity index (χ2v) is 4.44. The zero-order chi connectivity index (χ0) is 12.0. The molecule has 0 saturated carbocycles. The van der Waals surface area contributed by atoms with Gasteiger partial charge in [-0.25, -0.2) is 0 Å². The number of hydrogen-bond donors (Lipinski definition) is 1. The minimum Gasteiger partial charge on any atom is -0.385 e. The average molecular weight is 226 g/mol. The van der Waals surface area contributed by atoms with E-state index in [0.29, 0.717) is 12.0 Å². The third-order valence-electron chi connectivity index (χ3n) is 2.55. The largest absolute Gasteiger partial charge is 0.385 e. The molecule has 1 unspecified atom stereocenters. The van der Waals surface area contributed by atoms with Gasteiger partial charge in [-0.3, -0.25) is 0 Å². The van der Waals surface area contributed by atoms with Crippen molar-refractivity contribution in [1.82, 2.24) is 10.5 Å². The highest BCUT2D eigenvalue weighted by molar-refractivity contribution is 5.08. The molecule has 0 amide bonds. The number of rotatable bonds is 7. The third-order valence-corrected chi connectivity index (χ3v) is 2.55. The summed E-state index contributed by atoms with van der Waals surface area (Å²) in [5.74, 6) is 1.32. The molecule has 0 saturated heterocycles. The lowest BCUT2D eigenvalue weighted by atomic mass is 10.1. The molecule has 4 heteroatoms. The van der Waals surface area contributed by atoms with Crippen molar-refractivity contribution in [3.8, 4) is 0 Å². The Kier molecular flexibility index (Phi) is 5.49. The van der Waals surface area contributed by atoms with Crippen LogP contribution in [0.15, 0.2) is 10.6 Å². The van der Waals surface area contributed by atoms with Crippen LogP contribution in [0.3, 0.4) is 0 Å². The van der Waals surface area contributed by atoms with Gasteiger partial charge in [-0.2, -0.15) is 0 Å². The van der Waals surface area contributed by atoms with Crippen LogP contribution in [0.5, 0.6) is 0 Å². The predicted molar refractivity (Wildman–Crippen MR) is 63.4 cm³/mol. The molecule has 0 aliphatic carbocycles. The fourth-order valence-corrected chi connectivity index (χ4v) is 1.36. The summed E-state index contributed by atoms with van der Waals surface area (Å²) in [5, 5.41) is 7.39. The first kappa shape index (κ1) is 13.2. The maximum atomic E-state index is 5.24. The van der Waals surface area contributed by atoms with E-state index in [-0.39, 0.29) is 0 Å². The molecular weight excluding hydrogens is 204 g/mol. The number of hydrogen-bond acceptors (Lipinski definition) is 4. The van der Waals surface area contributed by atoms with Crippen LogP contribution in [0, 0.1) is 0 Å². The van der Waals surface area contributed by atoms with Crippen LogP contribution >= 0.6 is 0 Å². The maximum Gasteiger partial charge on any atom is 0.150 e. The Bertz CT molecular complexity index is 297. The summed E-state index contributed by atoms with van der Waals surface area (Å²) in [6, 6.07) is 2.44. The summed E-state index contributed by atoms with van der Waals surface area (Å²) < 4.78 is 10.3. The first-order valence-electron chi connectivity index (χ1n) is 5.81. The van der Waals surface area contributed by atoms with Crippen LogP contribution in [0.2, 0.25) is 0 Å². The van der Waals surface area contributed by atoms with E-state index in [1.807, 2.05) is 6.07 Å². The number of ether oxygens (including phenoxy) is 1. The van der Waals surface area contributed by atoms with Gasteiger partial charge in [-0.15, -0.1) is 0 Å². The van der Waals surface area contributed by atoms with Gasteiger partial charge in [0.15, 0.2) is 5.76 Å². The molecule has 0 aliphatic rings. The minimum absolute atomic E-state index is 0.420. The van der Waals surface area contributed by atoms with Crippen LogP contribution in [0.4, 0.5) is 0 Å². The molecule has 1 aromatic rings. The molecule has 4 nitrogen and oxygen atoms in total. The SMILES string of the molecule is COCCC(C)NCc1cc(C(C)C)no1. The fourth-order valence-electron chi connectivity index (χ4n) is 1.36. The molecule has 1 aromatic heterocycles. The Labute approximate surface area is 97.3 Å². The first-order valence-corrected chi connectivity index (χ1v) is 5.81. The molecular formula is C12H22N2O2. The highest BCUT2D eigenvalue weighted by atomic mass is 16.5. The number of methoxy groups -OCH3 is 1. The molecule has 1 rings (SSSR count). The summed E-state index contributed by atoms with van der Waals surface area (Å²) in [4.78, 5) is 0. The quantitative estimate of drug-likeness (QED) is 0.775. The monoisotopic (exact) mass is 226 g/mol. The minimum atomic E-state index is 0.420. The molecule has 0 spiro atoms. The zero-order valence-electron chi connectivity index (χ0n) is 10.6. The molecule has 1 atom stereocenters. The van der Waals surface area contributed by atoms with Crippen molar-refractivity contribution in [1.29, 1.82) is 0 Å². The normalized spacial score (nSPS) is 13.3. The van der Waals surface area contributed by atoms with Gasteiger partial charge in [0.2, 0.25) is 0 Å². The molecule has 1 heterocycles. The molecule has 0 bridgehead atoms. The molecule has 1 N–H and O–H groups in total. The molecule has 0 radical (unpaired) electrons. The van der Waals surface area contributed by atoms with E-state index < -0.39 is 0 Å². The van der Waals surface area contributed by atoms with E-state index in [1.165, 1.54) is 0 Å². The van der Waals surface area contributed by atoms with E-state index in [2.05, 4.69) is 31.2 Å². The Hall–Kier alpha value is -0.870. The van der Waals surface area contributed by atoms with E-state index in [0.717, 1.165) is 31.0 Å². The Morgan fingerprint density at radius 2 is 2.19 bits per heavy atom. The summed E-state index contributed by atoms with van der Waals surface area (Å²) in [7, 11) is 1.72. The maximum absolute atomic E-state index is 5.24. The zero-order valence-corrected chi connectivity index (χ0v) is 10.6. The number of nitrogens with zero attached hydrogens (tertiary/aromatic N) is 1. The number of aromatic nitrogens is 1. The molecule has 0 aliphatic heterocycles. The summed E-state index contributed by atoms with van der Waals surface area (Å²) in [6.07, 6.45) is 1.00. The van der Waals surface area contributed by atoms with Gasteiger partial charge in [0.05, 0.1) is 12.2 Å². The van der Waals surface area contributed by atoms with Crippen molar-refractivity contribution in [3.63, 3.8) is 0 Å². The van der Waals surface area contributed by atoms with Crippen molar-refractivity contribution in [3.05, 3.63) is 17.5 Å². The predicted octanol–water partition coefficient (Wildman–Crippen LogP) is 2.31. The van der Waals surface area contributed by atoms with Crippen molar-refractivity contribution in [2.75, 3.05) is 13.7 Å². The van der Waals surface area contributed by atoms with Gasteiger partial charge in [-0.1, -0.05) is 19.0 Å². The van der Waals surface area contributed by atoms with Crippen LogP contribution < -0.4 is 5.32 Å². The Morgan fingerprint density at radius 1 is 1.44 bits per heavy atom. The fraction of sp³-hybridized carbons (Fsp3) is 0.750. The Morgan fingerprint density at radius 3 is 2.75 bits per heavy atom. The summed E-state index contributed by atoms with van der Waals surface area (Å²) in [5.41, 5.74) is 1.02. The van der Waals surface area contributed by atoms with E-state index in [4.69, 9.17) is 9.26 Å². The lowest BCUT2D eigenvalue weighted by molar-refractivity contribution is 0.184. The molecule has 92 valence electrons. The van der Waals surface area contributed by atoms with Crippen LogP contribution in [0.1, 0.15) is 44.6 Å². The first-order chi connectivity index (χ1) is 7.63. The molecule has 0 aromatic carbocycles. The van der Waals surface area contributed by atoms with Gasteiger partial charge in [0.1, 0.15) is 0 Å². The van der Waals surface area contributed by atoms with E-state index >= 15 is 0 Å². The lowest BCUT2D eigenvalue weighted by Crippen LogP contribution is -2.26. The van der Waals surface area contributed by atoms with Crippen LogP contribution in [-0.2, 0) is 11.3 Å². The van der Waals surface area contributed by atoms with Gasteiger partial charge in [0, 0.05) is 25.8 Å². The van der Waals surface area contributed by atoms with Gasteiger partial charge < -0.3 is 14.6 Å². The highest BCUT2D eigenvalue weighted by Crippen LogP contribution is 2.13. The van der Waals surface area contributed by atoms with Gasteiger partial charge >= 0.3 is 0 Å². The number of nitrogens with one attached hydrogen (secondary N) is 1. The molecule has 16 heavy (non-hydrogen) atoms. The summed E-state index contributed by atoms with van der Waals surface area (Å²) >= 11 is 0. The van der Waals surface area contributed by atoms with Gasteiger partial charge in [0.25, 0.3) is 0 Å². The topological polar surface area (TPSA) is 47.3 Å². The van der Waals surface area contributed by atoms with Crippen LogP contribution in [-0.4, -0.2) is 24.9 Å².